The number of hydrogen-bond acceptors (Lipinski definition) is 7. The second-order valence-corrected chi connectivity index (χ2v) is 6.91. The fourth-order valence-electron chi connectivity index (χ4n) is 2.53. The topological polar surface area (TPSA) is 162 Å². The Hall–Kier alpha value is -2.11. The number of hydrogen-bond donors (Lipinski definition) is 7. The number of aliphatic imine (C=N–C) groups is 1. The maximum Gasteiger partial charge on any atom is 0.195 e. The number of unbranched alkanes of at least 4 members (excludes halogenated alkanes) is 1. The predicted molar refractivity (Wildman–Crippen MR) is 119 cm³/mol. The molecular formula is C18H26Cl2N8O. The number of rotatable bonds is 10. The first-order valence-electron chi connectivity index (χ1n) is 8.92. The van der Waals surface area contributed by atoms with Crippen LogP contribution in [0.15, 0.2) is 41.4 Å². The van der Waals surface area contributed by atoms with Gasteiger partial charge in [-0.1, -0.05) is 35.3 Å². The third kappa shape index (κ3) is 7.33. The number of nitrogens with zero attached hydrogens (tertiary/aromatic N) is 1. The van der Waals surface area contributed by atoms with Crippen LogP contribution in [0.25, 0.3) is 11.1 Å². The zero-order valence-electron chi connectivity index (χ0n) is 15.8. The zero-order chi connectivity index (χ0) is 21.2. The molecule has 0 aromatic heterocycles. The Morgan fingerprint density at radius 3 is 2.31 bits per heavy atom. The van der Waals surface area contributed by atoms with Gasteiger partial charge in [-0.2, -0.15) is 0 Å². The summed E-state index contributed by atoms with van der Waals surface area (Å²) >= 11 is 12.9. The van der Waals surface area contributed by atoms with E-state index in [2.05, 4.69) is 21.2 Å². The third-order valence-corrected chi connectivity index (χ3v) is 4.49. The molecule has 11 heteroatoms. The van der Waals surface area contributed by atoms with Gasteiger partial charge in [-0.25, -0.2) is 10.4 Å². The fourth-order valence-corrected chi connectivity index (χ4v) is 3.23. The number of hydrazine groups is 2. The molecule has 0 aliphatic rings. The van der Waals surface area contributed by atoms with Gasteiger partial charge in [0.15, 0.2) is 12.2 Å². The van der Waals surface area contributed by atoms with E-state index < -0.39 is 6.29 Å². The molecule has 0 fully saturated rings. The van der Waals surface area contributed by atoms with Crippen LogP contribution < -0.4 is 44.1 Å². The number of nitrogens with one attached hydrogen (secondary N) is 3. The highest BCUT2D eigenvalue weighted by atomic mass is 35.5. The van der Waals surface area contributed by atoms with Gasteiger partial charge in [-0.15, -0.1) is 0 Å². The predicted octanol–water partition coefficient (Wildman–Crippen LogP) is 1.71. The molecule has 0 spiro atoms. The Balaban J connectivity index is 2.07. The Kier molecular flexibility index (Phi) is 9.42. The molecule has 158 valence electrons. The zero-order valence-corrected chi connectivity index (χ0v) is 17.3. The molecule has 2 aromatic carbocycles. The van der Waals surface area contributed by atoms with Crippen molar-refractivity contribution in [3.05, 3.63) is 46.4 Å². The Bertz CT molecular complexity index is 793. The van der Waals surface area contributed by atoms with Gasteiger partial charge in [-0.3, -0.25) is 22.8 Å². The molecule has 0 bridgehead atoms. The first-order chi connectivity index (χ1) is 13.9. The van der Waals surface area contributed by atoms with Gasteiger partial charge < -0.3 is 15.8 Å². The van der Waals surface area contributed by atoms with Crippen LogP contribution in [0.2, 0.25) is 10.0 Å². The van der Waals surface area contributed by atoms with Gasteiger partial charge in [0.25, 0.3) is 0 Å². The van der Waals surface area contributed by atoms with Gasteiger partial charge in [0.2, 0.25) is 0 Å². The molecule has 0 saturated carbocycles. The van der Waals surface area contributed by atoms with Crippen molar-refractivity contribution in [2.75, 3.05) is 18.5 Å². The highest BCUT2D eigenvalue weighted by Crippen LogP contribution is 2.37. The van der Waals surface area contributed by atoms with E-state index in [1.165, 1.54) is 0 Å². The molecule has 1 atom stereocenters. The van der Waals surface area contributed by atoms with Crippen molar-refractivity contribution in [3.63, 3.8) is 0 Å². The summed E-state index contributed by atoms with van der Waals surface area (Å²) in [4.78, 5) is 3.90. The van der Waals surface area contributed by atoms with Gasteiger partial charge >= 0.3 is 0 Å². The van der Waals surface area contributed by atoms with E-state index in [1.807, 2.05) is 24.3 Å². The van der Waals surface area contributed by atoms with Gasteiger partial charge in [-0.05, 0) is 42.7 Å². The monoisotopic (exact) mass is 440 g/mol. The van der Waals surface area contributed by atoms with E-state index in [0.29, 0.717) is 27.9 Å². The summed E-state index contributed by atoms with van der Waals surface area (Å²) in [5, 5.41) is 3.78. The lowest BCUT2D eigenvalue weighted by atomic mass is 10.0. The summed E-state index contributed by atoms with van der Waals surface area (Å²) < 4.78 is 5.71. The third-order valence-electron chi connectivity index (χ3n) is 3.89. The molecule has 9 nitrogen and oxygen atoms in total. The Morgan fingerprint density at radius 1 is 1.07 bits per heavy atom. The standard InChI is InChI=1S/C18H26Cl2N8O/c19-14-9-12(26-17(21)27-18(22)28-24)10-15(20)16(14)11-3-5-13(6-4-11)29-8-2-1-7-25-23/h3-6,9-10,18,25,28H,1-2,7-8,22-24H2,(H3,21,26,27). The Morgan fingerprint density at radius 2 is 1.72 bits per heavy atom. The smallest absolute Gasteiger partial charge is 0.195 e. The molecule has 0 heterocycles. The van der Waals surface area contributed by atoms with Crippen LogP contribution in [0.1, 0.15) is 12.8 Å². The van der Waals surface area contributed by atoms with Crippen LogP contribution in [0.4, 0.5) is 5.69 Å². The highest BCUT2D eigenvalue weighted by molar-refractivity contribution is 6.39. The first kappa shape index (κ1) is 23.2. The molecule has 0 amide bonds. The summed E-state index contributed by atoms with van der Waals surface area (Å²) in [5.74, 6) is 11.3. The lowest BCUT2D eigenvalue weighted by Gasteiger charge is -2.13. The van der Waals surface area contributed by atoms with Crippen LogP contribution in [0.3, 0.4) is 0 Å². The number of guanidine groups is 1. The minimum absolute atomic E-state index is 0.0686. The maximum absolute atomic E-state index is 6.45. The van der Waals surface area contributed by atoms with E-state index in [-0.39, 0.29) is 5.96 Å². The van der Waals surface area contributed by atoms with E-state index in [1.54, 1.807) is 12.1 Å². The Labute approximate surface area is 179 Å². The molecule has 29 heavy (non-hydrogen) atoms. The van der Waals surface area contributed by atoms with Gasteiger partial charge in [0.1, 0.15) is 5.75 Å². The molecule has 2 rings (SSSR count). The average Bonchev–Trinajstić information content (AvgIpc) is 2.68. The SMILES string of the molecule is NNCCCCOc1ccc(-c2c(Cl)cc(NC(N)=NC(N)NN)cc2Cl)cc1. The largest absolute Gasteiger partial charge is 0.494 e. The molecule has 0 aliphatic heterocycles. The van der Waals surface area contributed by atoms with Crippen LogP contribution >= 0.6 is 23.2 Å². The molecular weight excluding hydrogens is 415 g/mol. The van der Waals surface area contributed by atoms with E-state index in [4.69, 9.17) is 51.1 Å². The normalized spacial score (nSPS) is 12.7. The van der Waals surface area contributed by atoms with E-state index >= 15 is 0 Å². The lowest BCUT2D eigenvalue weighted by Crippen LogP contribution is -2.42. The van der Waals surface area contributed by atoms with Crippen LogP contribution in [0.5, 0.6) is 5.75 Å². The van der Waals surface area contributed by atoms with E-state index in [9.17, 15) is 0 Å². The maximum atomic E-state index is 6.45. The minimum atomic E-state index is -0.828. The minimum Gasteiger partial charge on any atom is -0.494 e. The number of benzene rings is 2. The number of nitrogens with two attached hydrogens (primary N) is 4. The summed E-state index contributed by atoms with van der Waals surface area (Å²) in [5.41, 5.74) is 18.3. The van der Waals surface area contributed by atoms with Crippen molar-refractivity contribution in [2.45, 2.75) is 19.1 Å². The molecule has 2 aromatic rings. The second-order valence-electron chi connectivity index (χ2n) is 6.10. The second kappa shape index (κ2) is 11.8. The molecule has 1 unspecified atom stereocenters. The van der Waals surface area contributed by atoms with Crippen molar-refractivity contribution in [3.8, 4) is 16.9 Å². The van der Waals surface area contributed by atoms with Crippen molar-refractivity contribution in [1.82, 2.24) is 10.9 Å². The van der Waals surface area contributed by atoms with Crippen molar-refractivity contribution in [1.29, 1.82) is 0 Å². The summed E-state index contributed by atoms with van der Waals surface area (Å²) in [6, 6.07) is 10.9. The van der Waals surface area contributed by atoms with Crippen molar-refractivity contribution >= 4 is 34.8 Å². The summed E-state index contributed by atoms with van der Waals surface area (Å²) in [6.07, 6.45) is 1.03. The first-order valence-corrected chi connectivity index (χ1v) is 9.68. The molecule has 0 radical (unpaired) electrons. The highest BCUT2D eigenvalue weighted by Gasteiger charge is 2.12. The van der Waals surface area contributed by atoms with Crippen LogP contribution in [0, 0.1) is 0 Å². The summed E-state index contributed by atoms with van der Waals surface area (Å²) in [7, 11) is 0. The van der Waals surface area contributed by atoms with Crippen LogP contribution in [-0.4, -0.2) is 25.4 Å². The summed E-state index contributed by atoms with van der Waals surface area (Å²) in [6.45, 7) is 1.38. The molecule has 0 aliphatic carbocycles. The van der Waals surface area contributed by atoms with Crippen LogP contribution in [-0.2, 0) is 0 Å². The molecule has 11 N–H and O–H groups in total. The van der Waals surface area contributed by atoms with E-state index in [0.717, 1.165) is 30.7 Å². The lowest BCUT2D eigenvalue weighted by molar-refractivity contribution is 0.306. The number of halogens is 2. The molecule has 0 saturated heterocycles. The fraction of sp³-hybridized carbons (Fsp3) is 0.278. The van der Waals surface area contributed by atoms with Crippen molar-refractivity contribution < 1.29 is 4.74 Å². The average molecular weight is 441 g/mol. The van der Waals surface area contributed by atoms with Gasteiger partial charge in [0.05, 0.1) is 16.7 Å². The quantitative estimate of drug-likeness (QED) is 0.0732. The number of anilines is 1. The number of ether oxygens (including phenoxy) is 1. The van der Waals surface area contributed by atoms with Crippen molar-refractivity contribution in [2.24, 2.45) is 28.1 Å². The van der Waals surface area contributed by atoms with Gasteiger partial charge in [0, 0.05) is 17.8 Å².